The Morgan fingerprint density at radius 1 is 0.885 bits per heavy atom. The lowest BCUT2D eigenvalue weighted by molar-refractivity contribution is -0.654. The third-order valence-corrected chi connectivity index (χ3v) is 5.53. The monoisotopic (exact) mass is 350 g/mol. The van der Waals surface area contributed by atoms with Gasteiger partial charge in [0, 0.05) is 24.8 Å². The fourth-order valence-electron chi connectivity index (χ4n) is 3.84. The van der Waals surface area contributed by atoms with Crippen LogP contribution in [0.15, 0.2) is 48.5 Å². The summed E-state index contributed by atoms with van der Waals surface area (Å²) < 4.78 is 2.51. The van der Waals surface area contributed by atoms with E-state index in [0.717, 1.165) is 0 Å². The highest BCUT2D eigenvalue weighted by molar-refractivity contribution is 5.78. The smallest absolute Gasteiger partial charge is 0.170 e. The summed E-state index contributed by atoms with van der Waals surface area (Å²) >= 11 is 0. The first-order valence-corrected chi connectivity index (χ1v) is 10.4. The molecule has 0 amide bonds. The predicted molar refractivity (Wildman–Crippen MR) is 110 cm³/mol. The van der Waals surface area contributed by atoms with Crippen LogP contribution >= 0.6 is 0 Å². The molecule has 2 nitrogen and oxygen atoms in total. The SMILES string of the molecule is Cc1ccccc1CC[NH2+]CCCCCC[N+]1=Cc2ccccc2CC1. The van der Waals surface area contributed by atoms with Gasteiger partial charge in [0.1, 0.15) is 13.1 Å². The quantitative estimate of drug-likeness (QED) is 0.501. The molecule has 1 aliphatic heterocycles. The zero-order chi connectivity index (χ0) is 18.0. The molecule has 2 N–H and O–H groups in total. The average Bonchev–Trinajstić information content (AvgIpc) is 2.68. The van der Waals surface area contributed by atoms with Crippen LogP contribution in [0.1, 0.15) is 47.9 Å². The molecule has 0 atom stereocenters. The van der Waals surface area contributed by atoms with Gasteiger partial charge in [0.2, 0.25) is 0 Å². The summed E-state index contributed by atoms with van der Waals surface area (Å²) in [6, 6.07) is 17.6. The largest absolute Gasteiger partial charge is 0.346 e. The molecular formula is C24H34N2+2. The first-order valence-electron chi connectivity index (χ1n) is 10.4. The Labute approximate surface area is 159 Å². The van der Waals surface area contributed by atoms with Gasteiger partial charge in [0.05, 0.1) is 13.1 Å². The molecule has 0 spiro atoms. The van der Waals surface area contributed by atoms with E-state index in [9.17, 15) is 0 Å². The second kappa shape index (κ2) is 10.3. The average molecular weight is 351 g/mol. The number of unbranched alkanes of at least 4 members (excludes halogenated alkanes) is 3. The van der Waals surface area contributed by atoms with Crippen LogP contribution in [0.2, 0.25) is 0 Å². The maximum absolute atomic E-state index is 2.51. The molecule has 0 bridgehead atoms. The van der Waals surface area contributed by atoms with Gasteiger partial charge in [-0.3, -0.25) is 0 Å². The highest BCUT2D eigenvalue weighted by atomic mass is 15.0. The van der Waals surface area contributed by atoms with E-state index in [1.807, 2.05) is 0 Å². The van der Waals surface area contributed by atoms with Gasteiger partial charge in [0.25, 0.3) is 0 Å². The minimum absolute atomic E-state index is 1.18. The van der Waals surface area contributed by atoms with E-state index in [-0.39, 0.29) is 0 Å². The molecule has 0 saturated heterocycles. The summed E-state index contributed by atoms with van der Waals surface area (Å²) in [6.45, 7) is 7.10. The Bertz CT molecular complexity index is 718. The molecule has 0 unspecified atom stereocenters. The Kier molecular flexibility index (Phi) is 7.45. The number of quaternary nitrogens is 1. The van der Waals surface area contributed by atoms with Crippen LogP contribution in [-0.2, 0) is 12.8 Å². The molecule has 1 heterocycles. The minimum Gasteiger partial charge on any atom is -0.346 e. The van der Waals surface area contributed by atoms with Crippen molar-refractivity contribution in [1.82, 2.24) is 0 Å². The van der Waals surface area contributed by atoms with E-state index in [1.54, 1.807) is 0 Å². The number of fused-ring (bicyclic) bond motifs is 1. The van der Waals surface area contributed by atoms with Crippen LogP contribution in [0, 0.1) is 6.92 Å². The molecular weight excluding hydrogens is 316 g/mol. The predicted octanol–water partition coefficient (Wildman–Crippen LogP) is 3.35. The van der Waals surface area contributed by atoms with Crippen LogP contribution in [0.25, 0.3) is 0 Å². The van der Waals surface area contributed by atoms with E-state index in [0.29, 0.717) is 0 Å². The zero-order valence-corrected chi connectivity index (χ0v) is 16.3. The molecule has 2 aromatic rings. The van der Waals surface area contributed by atoms with Crippen molar-refractivity contribution in [2.75, 3.05) is 26.2 Å². The Balaban J connectivity index is 1.22. The van der Waals surface area contributed by atoms with E-state index in [2.05, 4.69) is 71.6 Å². The summed E-state index contributed by atoms with van der Waals surface area (Å²) in [4.78, 5) is 0. The number of hydrogen-bond donors (Lipinski definition) is 1. The van der Waals surface area contributed by atoms with Crippen molar-refractivity contribution in [2.45, 2.75) is 45.4 Å². The lowest BCUT2D eigenvalue weighted by atomic mass is 10.0. The third-order valence-electron chi connectivity index (χ3n) is 5.53. The molecule has 0 fully saturated rings. The van der Waals surface area contributed by atoms with Gasteiger partial charge in [-0.25, -0.2) is 4.58 Å². The van der Waals surface area contributed by atoms with Crippen molar-refractivity contribution in [3.05, 3.63) is 70.8 Å². The van der Waals surface area contributed by atoms with E-state index < -0.39 is 0 Å². The standard InChI is InChI=1S/C24H33N2/c1-21-10-4-5-11-22(21)14-17-25-16-8-2-3-9-18-26-19-15-23-12-6-7-13-24(23)20-26/h4-7,10-13,20,25H,2-3,8-9,14-19H2,1H3/q+1/p+1. The van der Waals surface area contributed by atoms with Crippen molar-refractivity contribution in [3.8, 4) is 0 Å². The number of benzene rings is 2. The molecule has 3 rings (SSSR count). The number of aryl methyl sites for hydroxylation is 1. The minimum atomic E-state index is 1.18. The molecule has 2 heteroatoms. The highest BCUT2D eigenvalue weighted by Gasteiger charge is 2.14. The molecule has 138 valence electrons. The van der Waals surface area contributed by atoms with Gasteiger partial charge in [-0.1, -0.05) is 42.5 Å². The molecule has 1 aliphatic rings. The summed E-state index contributed by atoms with van der Waals surface area (Å²) in [5, 5.41) is 2.49. The molecule has 26 heavy (non-hydrogen) atoms. The van der Waals surface area contributed by atoms with Crippen LogP contribution in [0.3, 0.4) is 0 Å². The Hall–Kier alpha value is -1.93. The van der Waals surface area contributed by atoms with Crippen LogP contribution in [-0.4, -0.2) is 37.0 Å². The Morgan fingerprint density at radius 3 is 2.62 bits per heavy atom. The molecule has 0 radical (unpaired) electrons. The summed E-state index contributed by atoms with van der Waals surface area (Å²) in [5.74, 6) is 0. The van der Waals surface area contributed by atoms with Gasteiger partial charge >= 0.3 is 0 Å². The molecule has 2 aromatic carbocycles. The van der Waals surface area contributed by atoms with Crippen molar-refractivity contribution in [2.24, 2.45) is 0 Å². The lowest BCUT2D eigenvalue weighted by Crippen LogP contribution is -2.84. The number of nitrogens with two attached hydrogens (primary N) is 1. The van der Waals surface area contributed by atoms with E-state index in [1.165, 1.54) is 87.0 Å². The van der Waals surface area contributed by atoms with E-state index >= 15 is 0 Å². The van der Waals surface area contributed by atoms with Gasteiger partial charge in [0.15, 0.2) is 6.21 Å². The van der Waals surface area contributed by atoms with Crippen molar-refractivity contribution in [1.29, 1.82) is 0 Å². The van der Waals surface area contributed by atoms with Crippen LogP contribution < -0.4 is 5.32 Å². The van der Waals surface area contributed by atoms with Gasteiger partial charge < -0.3 is 5.32 Å². The first-order chi connectivity index (χ1) is 12.8. The van der Waals surface area contributed by atoms with Gasteiger partial charge in [-0.15, -0.1) is 0 Å². The highest BCUT2D eigenvalue weighted by Crippen LogP contribution is 2.11. The van der Waals surface area contributed by atoms with Crippen LogP contribution in [0.5, 0.6) is 0 Å². The maximum atomic E-state index is 2.51. The topological polar surface area (TPSA) is 19.6 Å². The number of hydrogen-bond acceptors (Lipinski definition) is 0. The van der Waals surface area contributed by atoms with Gasteiger partial charge in [-0.2, -0.15) is 0 Å². The lowest BCUT2D eigenvalue weighted by Gasteiger charge is -2.12. The fraction of sp³-hybridized carbons (Fsp3) is 0.458. The number of rotatable bonds is 10. The first kappa shape index (κ1) is 18.8. The summed E-state index contributed by atoms with van der Waals surface area (Å²) in [6.07, 6.45) is 10.1. The molecule has 0 aromatic heterocycles. The van der Waals surface area contributed by atoms with Crippen LogP contribution in [0.4, 0.5) is 0 Å². The molecule has 0 saturated carbocycles. The van der Waals surface area contributed by atoms with Crippen molar-refractivity contribution < 1.29 is 9.89 Å². The van der Waals surface area contributed by atoms with E-state index in [4.69, 9.17) is 0 Å². The van der Waals surface area contributed by atoms with Crippen molar-refractivity contribution >= 4 is 6.21 Å². The fourth-order valence-corrected chi connectivity index (χ4v) is 3.84. The Morgan fingerprint density at radius 2 is 1.69 bits per heavy atom. The maximum Gasteiger partial charge on any atom is 0.170 e. The second-order valence-electron chi connectivity index (χ2n) is 7.57. The zero-order valence-electron chi connectivity index (χ0n) is 16.3. The van der Waals surface area contributed by atoms with Crippen molar-refractivity contribution in [3.63, 3.8) is 0 Å². The third kappa shape index (κ3) is 5.81. The number of nitrogens with zero attached hydrogens (tertiary/aromatic N) is 1. The normalized spacial score (nSPS) is 13.3. The molecule has 0 aliphatic carbocycles. The summed E-state index contributed by atoms with van der Waals surface area (Å²) in [5.41, 5.74) is 5.85. The second-order valence-corrected chi connectivity index (χ2v) is 7.57. The summed E-state index contributed by atoms with van der Waals surface area (Å²) in [7, 11) is 0. The van der Waals surface area contributed by atoms with Gasteiger partial charge in [-0.05, 0) is 48.9 Å².